The Hall–Kier alpha value is -0.550. The van der Waals surface area contributed by atoms with E-state index in [1.807, 2.05) is 0 Å². The summed E-state index contributed by atoms with van der Waals surface area (Å²) in [5.74, 6) is 0. The van der Waals surface area contributed by atoms with Crippen LogP contribution >= 0.6 is 0 Å². The fourth-order valence-electron chi connectivity index (χ4n) is 2.81. The molecule has 1 aliphatic carbocycles. The van der Waals surface area contributed by atoms with Crippen molar-refractivity contribution in [2.24, 2.45) is 0 Å². The first-order valence-electron chi connectivity index (χ1n) is 6.88. The summed E-state index contributed by atoms with van der Waals surface area (Å²) >= 11 is 0. The highest BCUT2D eigenvalue weighted by molar-refractivity contribution is 4.80. The Morgan fingerprint density at radius 2 is 1.69 bits per heavy atom. The summed E-state index contributed by atoms with van der Waals surface area (Å²) < 4.78 is 0. The third-order valence-electron chi connectivity index (χ3n) is 3.69. The van der Waals surface area contributed by atoms with Gasteiger partial charge < -0.3 is 0 Å². The molecule has 2 nitrogen and oxygen atoms in total. The summed E-state index contributed by atoms with van der Waals surface area (Å²) in [7, 11) is 0. The zero-order valence-electron chi connectivity index (χ0n) is 10.9. The molecular weight excluding hydrogens is 196 g/mol. The average molecular weight is 222 g/mol. The molecule has 0 aliphatic heterocycles. The van der Waals surface area contributed by atoms with Gasteiger partial charge in [-0.3, -0.25) is 4.90 Å². The zero-order chi connectivity index (χ0) is 11.8. The van der Waals surface area contributed by atoms with Crippen molar-refractivity contribution in [1.29, 1.82) is 5.26 Å². The third kappa shape index (κ3) is 4.53. The second kappa shape index (κ2) is 7.68. The van der Waals surface area contributed by atoms with Crippen LogP contribution in [0.15, 0.2) is 0 Å². The second-order valence-corrected chi connectivity index (χ2v) is 5.24. The summed E-state index contributed by atoms with van der Waals surface area (Å²) in [4.78, 5) is 2.55. The first-order chi connectivity index (χ1) is 7.75. The van der Waals surface area contributed by atoms with E-state index in [2.05, 4.69) is 24.8 Å². The maximum absolute atomic E-state index is 8.72. The molecule has 16 heavy (non-hydrogen) atoms. The topological polar surface area (TPSA) is 27.0 Å². The molecule has 1 fully saturated rings. The molecule has 92 valence electrons. The van der Waals surface area contributed by atoms with Crippen molar-refractivity contribution in [3.05, 3.63) is 0 Å². The van der Waals surface area contributed by atoms with Crippen molar-refractivity contribution in [2.75, 3.05) is 6.54 Å². The van der Waals surface area contributed by atoms with E-state index >= 15 is 0 Å². The molecule has 0 spiro atoms. The summed E-state index contributed by atoms with van der Waals surface area (Å²) in [5.41, 5.74) is 0. The first-order valence-corrected chi connectivity index (χ1v) is 6.88. The van der Waals surface area contributed by atoms with Gasteiger partial charge in [0.05, 0.1) is 6.07 Å². The Morgan fingerprint density at radius 1 is 1.12 bits per heavy atom. The molecule has 0 aromatic carbocycles. The van der Waals surface area contributed by atoms with Crippen molar-refractivity contribution in [2.45, 2.75) is 77.3 Å². The number of hydrogen-bond donors (Lipinski definition) is 0. The van der Waals surface area contributed by atoms with Gasteiger partial charge in [0.2, 0.25) is 0 Å². The molecule has 0 aromatic heterocycles. The maximum Gasteiger partial charge on any atom is 0.0635 e. The molecule has 0 N–H and O–H groups in total. The van der Waals surface area contributed by atoms with Crippen molar-refractivity contribution in [3.63, 3.8) is 0 Å². The Bertz CT molecular complexity index is 209. The lowest BCUT2D eigenvalue weighted by molar-refractivity contribution is 0.131. The van der Waals surface area contributed by atoms with Crippen LogP contribution in [0.25, 0.3) is 0 Å². The van der Waals surface area contributed by atoms with Gasteiger partial charge >= 0.3 is 0 Å². The van der Waals surface area contributed by atoms with Gasteiger partial charge in [0.1, 0.15) is 0 Å². The average Bonchev–Trinajstić information content (AvgIpc) is 2.20. The van der Waals surface area contributed by atoms with E-state index in [4.69, 9.17) is 5.26 Å². The highest BCUT2D eigenvalue weighted by Gasteiger charge is 2.21. The number of nitrogens with zero attached hydrogens (tertiary/aromatic N) is 2. The number of nitriles is 1. The summed E-state index contributed by atoms with van der Waals surface area (Å²) in [6, 6.07) is 3.59. The SMILES string of the molecule is CC(C)N(CCC#N)C1CCCCCCC1. The lowest BCUT2D eigenvalue weighted by Crippen LogP contribution is -2.41. The van der Waals surface area contributed by atoms with E-state index in [1.165, 1.54) is 44.9 Å². The van der Waals surface area contributed by atoms with Crippen LogP contribution < -0.4 is 0 Å². The van der Waals surface area contributed by atoms with Crippen LogP contribution in [0.5, 0.6) is 0 Å². The smallest absolute Gasteiger partial charge is 0.0635 e. The van der Waals surface area contributed by atoms with Crippen molar-refractivity contribution in [3.8, 4) is 6.07 Å². The van der Waals surface area contributed by atoms with Crippen LogP contribution in [0.1, 0.15) is 65.2 Å². The molecule has 0 radical (unpaired) electrons. The van der Waals surface area contributed by atoms with E-state index in [0.717, 1.165) is 12.6 Å². The molecule has 0 unspecified atom stereocenters. The first kappa shape index (κ1) is 13.5. The van der Waals surface area contributed by atoms with Crippen molar-refractivity contribution >= 4 is 0 Å². The van der Waals surface area contributed by atoms with E-state index < -0.39 is 0 Å². The third-order valence-corrected chi connectivity index (χ3v) is 3.69. The standard InChI is InChI=1S/C14H26N2/c1-13(2)16(12-8-11-15)14-9-6-4-3-5-7-10-14/h13-14H,3-10,12H2,1-2H3. The van der Waals surface area contributed by atoms with Gasteiger partial charge in [0.15, 0.2) is 0 Å². The quantitative estimate of drug-likeness (QED) is 0.725. The Labute approximate surface area is 101 Å². The van der Waals surface area contributed by atoms with Crippen LogP contribution in [-0.4, -0.2) is 23.5 Å². The molecule has 1 saturated carbocycles. The largest absolute Gasteiger partial charge is 0.297 e. The minimum atomic E-state index is 0.581. The molecule has 0 saturated heterocycles. The molecule has 0 atom stereocenters. The van der Waals surface area contributed by atoms with E-state index in [9.17, 15) is 0 Å². The van der Waals surface area contributed by atoms with E-state index in [1.54, 1.807) is 0 Å². The summed E-state index contributed by atoms with van der Waals surface area (Å²) in [5, 5.41) is 8.72. The van der Waals surface area contributed by atoms with Gasteiger partial charge in [-0.2, -0.15) is 5.26 Å². The van der Waals surface area contributed by atoms with Crippen LogP contribution in [0.4, 0.5) is 0 Å². The molecule has 2 heteroatoms. The van der Waals surface area contributed by atoms with Gasteiger partial charge in [-0.1, -0.05) is 32.1 Å². The van der Waals surface area contributed by atoms with Gasteiger partial charge in [-0.15, -0.1) is 0 Å². The highest BCUT2D eigenvalue weighted by atomic mass is 15.2. The molecule has 1 rings (SSSR count). The Kier molecular flexibility index (Phi) is 6.49. The molecule has 0 bridgehead atoms. The Morgan fingerprint density at radius 3 is 2.19 bits per heavy atom. The zero-order valence-corrected chi connectivity index (χ0v) is 10.9. The Balaban J connectivity index is 2.49. The van der Waals surface area contributed by atoms with Crippen molar-refractivity contribution in [1.82, 2.24) is 4.90 Å². The maximum atomic E-state index is 8.72. The summed E-state index contributed by atoms with van der Waals surface area (Å²) in [6.45, 7) is 5.48. The fraction of sp³-hybridized carbons (Fsp3) is 0.929. The normalized spacial score (nSPS) is 19.4. The number of hydrogen-bond acceptors (Lipinski definition) is 2. The predicted octanol–water partition coefficient (Wildman–Crippen LogP) is 3.72. The molecular formula is C14H26N2. The van der Waals surface area contributed by atoms with Crippen LogP contribution in [-0.2, 0) is 0 Å². The van der Waals surface area contributed by atoms with E-state index in [-0.39, 0.29) is 0 Å². The van der Waals surface area contributed by atoms with Gasteiger partial charge in [0.25, 0.3) is 0 Å². The van der Waals surface area contributed by atoms with Crippen molar-refractivity contribution < 1.29 is 0 Å². The predicted molar refractivity (Wildman–Crippen MR) is 68.2 cm³/mol. The van der Waals surface area contributed by atoms with Crippen LogP contribution in [0, 0.1) is 11.3 Å². The molecule has 0 aromatic rings. The number of rotatable bonds is 4. The minimum absolute atomic E-state index is 0.581. The van der Waals surface area contributed by atoms with Crippen LogP contribution in [0.2, 0.25) is 0 Å². The van der Waals surface area contributed by atoms with Gasteiger partial charge in [0, 0.05) is 25.0 Å². The molecule has 1 aliphatic rings. The van der Waals surface area contributed by atoms with Gasteiger partial charge in [-0.25, -0.2) is 0 Å². The minimum Gasteiger partial charge on any atom is -0.297 e. The highest BCUT2D eigenvalue weighted by Crippen LogP contribution is 2.23. The monoisotopic (exact) mass is 222 g/mol. The van der Waals surface area contributed by atoms with E-state index in [0.29, 0.717) is 12.5 Å². The fourth-order valence-corrected chi connectivity index (χ4v) is 2.81. The second-order valence-electron chi connectivity index (χ2n) is 5.24. The summed E-state index contributed by atoms with van der Waals surface area (Å²) in [6.07, 6.45) is 10.3. The molecule has 0 heterocycles. The lowest BCUT2D eigenvalue weighted by atomic mass is 9.94. The van der Waals surface area contributed by atoms with Gasteiger partial charge in [-0.05, 0) is 26.7 Å². The molecule has 0 amide bonds. The van der Waals surface area contributed by atoms with Crippen LogP contribution in [0.3, 0.4) is 0 Å². The lowest BCUT2D eigenvalue weighted by Gasteiger charge is -2.35.